The van der Waals surface area contributed by atoms with Crippen LogP contribution in [-0.2, 0) is 11.3 Å². The summed E-state index contributed by atoms with van der Waals surface area (Å²) in [4.78, 5) is 14.5. The van der Waals surface area contributed by atoms with Gasteiger partial charge in [-0.3, -0.25) is 15.6 Å². The van der Waals surface area contributed by atoms with E-state index in [0.29, 0.717) is 24.8 Å². The maximum Gasteiger partial charge on any atom is 0.253 e. The molecule has 0 saturated carbocycles. The van der Waals surface area contributed by atoms with Gasteiger partial charge in [-0.1, -0.05) is 30.3 Å². The minimum absolute atomic E-state index is 0.0165. The summed E-state index contributed by atoms with van der Waals surface area (Å²) in [6.45, 7) is 1.11. The molecule has 0 radical (unpaired) electrons. The molecule has 6 heteroatoms. The topological polar surface area (TPSA) is 53.6 Å². The van der Waals surface area contributed by atoms with E-state index < -0.39 is 0 Å². The molecule has 0 aromatic heterocycles. The first-order valence-corrected chi connectivity index (χ1v) is 9.67. The zero-order chi connectivity index (χ0) is 19.9. The Bertz CT molecular complexity index is 799. The number of hydrazine groups is 1. The van der Waals surface area contributed by atoms with Crippen LogP contribution in [0.3, 0.4) is 0 Å². The summed E-state index contributed by atoms with van der Waals surface area (Å²) >= 11 is 0. The van der Waals surface area contributed by atoms with Crippen molar-refractivity contribution in [2.75, 3.05) is 20.7 Å². The summed E-state index contributed by atoms with van der Waals surface area (Å²) in [5.41, 5.74) is 9.09. The van der Waals surface area contributed by atoms with E-state index in [-0.39, 0.29) is 17.8 Å². The van der Waals surface area contributed by atoms with Crippen molar-refractivity contribution in [1.82, 2.24) is 15.8 Å². The third-order valence-electron chi connectivity index (χ3n) is 5.17. The van der Waals surface area contributed by atoms with Gasteiger partial charge >= 0.3 is 0 Å². The first-order valence-electron chi connectivity index (χ1n) is 9.67. The van der Waals surface area contributed by atoms with Crippen LogP contribution in [0.1, 0.15) is 46.8 Å². The summed E-state index contributed by atoms with van der Waals surface area (Å²) in [6, 6.07) is 14.7. The van der Waals surface area contributed by atoms with Gasteiger partial charge in [0.25, 0.3) is 5.91 Å². The molecule has 1 aliphatic rings. The fraction of sp³-hybridized carbons (Fsp3) is 0.409. The molecule has 1 amide bonds. The summed E-state index contributed by atoms with van der Waals surface area (Å²) in [5, 5.41) is 0. The quantitative estimate of drug-likeness (QED) is 0.731. The Kier molecular flexibility index (Phi) is 7.14. The number of carbonyl (C=O) groups excluding carboxylic acids is 1. The lowest BCUT2D eigenvalue weighted by molar-refractivity contribution is 0.0786. The van der Waals surface area contributed by atoms with Crippen molar-refractivity contribution in [2.45, 2.75) is 38.0 Å². The second-order valence-electron chi connectivity index (χ2n) is 7.29. The van der Waals surface area contributed by atoms with Crippen LogP contribution in [-0.4, -0.2) is 37.6 Å². The fourth-order valence-electron chi connectivity index (χ4n) is 3.65. The second-order valence-corrected chi connectivity index (χ2v) is 7.29. The van der Waals surface area contributed by atoms with Gasteiger partial charge in [0.2, 0.25) is 0 Å². The molecule has 2 unspecified atom stereocenters. The molecule has 0 aliphatic carbocycles. The number of rotatable bonds is 8. The number of hydrogen-bond donors (Lipinski definition) is 2. The number of halogens is 1. The van der Waals surface area contributed by atoms with Crippen LogP contribution < -0.4 is 10.9 Å². The van der Waals surface area contributed by atoms with Crippen molar-refractivity contribution in [3.05, 3.63) is 71.0 Å². The number of benzene rings is 2. The van der Waals surface area contributed by atoms with E-state index in [9.17, 15) is 9.18 Å². The number of carbonyl (C=O) groups is 1. The number of ether oxygens (including phenoxy) is 1. The smallest absolute Gasteiger partial charge is 0.253 e. The molecule has 1 saturated heterocycles. The molecule has 0 bridgehead atoms. The Morgan fingerprint density at radius 3 is 2.82 bits per heavy atom. The fourth-order valence-corrected chi connectivity index (χ4v) is 3.65. The van der Waals surface area contributed by atoms with Crippen LogP contribution >= 0.6 is 0 Å². The lowest BCUT2D eigenvalue weighted by Gasteiger charge is -2.20. The minimum atomic E-state index is -0.211. The summed E-state index contributed by atoms with van der Waals surface area (Å²) in [7, 11) is 3.46. The first kappa shape index (κ1) is 20.5. The predicted molar refractivity (Wildman–Crippen MR) is 107 cm³/mol. The molecule has 0 spiro atoms. The second kappa shape index (κ2) is 9.78. The Balaban J connectivity index is 1.47. The molecule has 150 valence electrons. The molecule has 1 heterocycles. The van der Waals surface area contributed by atoms with Crippen LogP contribution in [0.25, 0.3) is 0 Å². The Labute approximate surface area is 165 Å². The van der Waals surface area contributed by atoms with Crippen LogP contribution in [0, 0.1) is 5.82 Å². The molecular formula is C22H28FN3O2. The highest BCUT2D eigenvalue weighted by atomic mass is 19.1. The molecule has 5 nitrogen and oxygen atoms in total. The number of methoxy groups -OCH3 is 1. The molecule has 3 rings (SSSR count). The molecule has 28 heavy (non-hydrogen) atoms. The maximum atomic E-state index is 13.4. The van der Waals surface area contributed by atoms with Gasteiger partial charge in [-0.2, -0.15) is 0 Å². The molecular weight excluding hydrogens is 357 g/mol. The van der Waals surface area contributed by atoms with Gasteiger partial charge in [0.1, 0.15) is 5.82 Å². The van der Waals surface area contributed by atoms with Crippen molar-refractivity contribution in [3.8, 4) is 0 Å². The lowest BCUT2D eigenvalue weighted by Crippen LogP contribution is -2.32. The average molecular weight is 385 g/mol. The van der Waals surface area contributed by atoms with Crippen LogP contribution in [0.5, 0.6) is 0 Å². The van der Waals surface area contributed by atoms with Gasteiger partial charge in [-0.05, 0) is 48.6 Å². The highest BCUT2D eigenvalue weighted by molar-refractivity contribution is 5.95. The van der Waals surface area contributed by atoms with E-state index in [0.717, 1.165) is 30.4 Å². The zero-order valence-electron chi connectivity index (χ0n) is 16.5. The zero-order valence-corrected chi connectivity index (χ0v) is 16.5. The molecule has 1 fully saturated rings. The van der Waals surface area contributed by atoms with E-state index >= 15 is 0 Å². The third kappa shape index (κ3) is 5.16. The van der Waals surface area contributed by atoms with Gasteiger partial charge in [0, 0.05) is 38.3 Å². The van der Waals surface area contributed by atoms with Gasteiger partial charge < -0.3 is 9.64 Å². The molecule has 2 N–H and O–H groups in total. The predicted octanol–water partition coefficient (Wildman–Crippen LogP) is 3.43. The normalized spacial score (nSPS) is 19.0. The lowest BCUT2D eigenvalue weighted by atomic mass is 9.99. The average Bonchev–Trinajstić information content (AvgIpc) is 3.17. The van der Waals surface area contributed by atoms with Crippen molar-refractivity contribution in [3.63, 3.8) is 0 Å². The number of hydrogen-bond acceptors (Lipinski definition) is 4. The summed E-state index contributed by atoms with van der Waals surface area (Å²) in [5.74, 6) is -0.195. The van der Waals surface area contributed by atoms with Crippen molar-refractivity contribution < 1.29 is 13.9 Å². The number of nitrogens with one attached hydrogen (secondary N) is 2. The van der Waals surface area contributed by atoms with E-state index in [2.05, 4.69) is 10.9 Å². The minimum Gasteiger partial charge on any atom is -0.380 e. The highest BCUT2D eigenvalue weighted by Gasteiger charge is 2.25. The standard InChI is InChI=1S/C22H28FN3O2/c1-26(22(27)20-11-4-3-7-17(20)15-28-2)12-6-10-19-14-21(25-24-19)16-8-5-9-18(23)13-16/h3-5,7-9,11,13,19,21,24-25H,6,10,12,14-15H2,1-2H3. The van der Waals surface area contributed by atoms with E-state index in [1.165, 1.54) is 6.07 Å². The van der Waals surface area contributed by atoms with Gasteiger partial charge in [0.05, 0.1) is 6.61 Å². The molecule has 2 atom stereocenters. The Morgan fingerprint density at radius 1 is 1.21 bits per heavy atom. The Morgan fingerprint density at radius 2 is 2.04 bits per heavy atom. The van der Waals surface area contributed by atoms with Gasteiger partial charge in [0.15, 0.2) is 0 Å². The summed E-state index contributed by atoms with van der Waals surface area (Å²) < 4.78 is 18.6. The van der Waals surface area contributed by atoms with Crippen molar-refractivity contribution in [2.24, 2.45) is 0 Å². The van der Waals surface area contributed by atoms with Gasteiger partial charge in [-0.25, -0.2) is 4.39 Å². The Hall–Kier alpha value is -2.28. The monoisotopic (exact) mass is 385 g/mol. The van der Waals surface area contributed by atoms with Crippen LogP contribution in [0.2, 0.25) is 0 Å². The molecule has 2 aromatic carbocycles. The van der Waals surface area contributed by atoms with E-state index in [1.807, 2.05) is 37.4 Å². The summed E-state index contributed by atoms with van der Waals surface area (Å²) in [6.07, 6.45) is 2.73. The van der Waals surface area contributed by atoms with E-state index in [1.54, 1.807) is 24.1 Å². The highest BCUT2D eigenvalue weighted by Crippen LogP contribution is 2.24. The molecule has 1 aliphatic heterocycles. The SMILES string of the molecule is COCc1ccccc1C(=O)N(C)CCCC1CC(c2cccc(F)c2)NN1. The first-order chi connectivity index (χ1) is 13.6. The number of nitrogens with zero attached hydrogens (tertiary/aromatic N) is 1. The van der Waals surface area contributed by atoms with E-state index in [4.69, 9.17) is 4.74 Å². The molecule has 2 aromatic rings. The van der Waals surface area contributed by atoms with Crippen LogP contribution in [0.4, 0.5) is 4.39 Å². The van der Waals surface area contributed by atoms with Gasteiger partial charge in [-0.15, -0.1) is 0 Å². The third-order valence-corrected chi connectivity index (χ3v) is 5.17. The number of amides is 1. The van der Waals surface area contributed by atoms with Crippen molar-refractivity contribution in [1.29, 1.82) is 0 Å². The largest absolute Gasteiger partial charge is 0.380 e. The van der Waals surface area contributed by atoms with Crippen LogP contribution in [0.15, 0.2) is 48.5 Å². The maximum absolute atomic E-state index is 13.4. The van der Waals surface area contributed by atoms with Crippen molar-refractivity contribution >= 4 is 5.91 Å².